The number of benzene rings is 2. The van der Waals surface area contributed by atoms with Gasteiger partial charge in [0.05, 0.1) is 13.2 Å². The van der Waals surface area contributed by atoms with Gasteiger partial charge >= 0.3 is 0 Å². The molecule has 0 aromatic heterocycles. The van der Waals surface area contributed by atoms with Gasteiger partial charge in [-0.15, -0.1) is 0 Å². The number of allylic oxidation sites excluding steroid dienone is 2. The zero-order chi connectivity index (χ0) is 22.5. The van der Waals surface area contributed by atoms with Gasteiger partial charge in [-0.25, -0.2) is 0 Å². The van der Waals surface area contributed by atoms with Crippen LogP contribution >= 0.6 is 0 Å². The van der Waals surface area contributed by atoms with Gasteiger partial charge in [0, 0.05) is 45.2 Å². The van der Waals surface area contributed by atoms with Crippen molar-refractivity contribution in [1.82, 2.24) is 0 Å². The lowest BCUT2D eigenvalue weighted by molar-refractivity contribution is 0.103. The van der Waals surface area contributed by atoms with Gasteiger partial charge in [0.1, 0.15) is 11.5 Å². The van der Waals surface area contributed by atoms with Gasteiger partial charge in [-0.05, 0) is 37.1 Å². The molecule has 4 heteroatoms. The molecule has 2 aromatic carbocycles. The number of ether oxygens (including phenoxy) is 2. The molecule has 0 radical (unpaired) electrons. The van der Waals surface area contributed by atoms with Gasteiger partial charge in [0.2, 0.25) is 0 Å². The summed E-state index contributed by atoms with van der Waals surface area (Å²) in [7, 11) is 0. The number of carbonyl (C=O) groups is 2. The molecule has 2 aliphatic rings. The Morgan fingerprint density at radius 2 is 0.969 bits per heavy atom. The first kappa shape index (κ1) is 22.3. The molecule has 0 N–H and O–H groups in total. The van der Waals surface area contributed by atoms with E-state index in [1.165, 1.54) is 25.7 Å². The van der Waals surface area contributed by atoms with E-state index >= 15 is 0 Å². The lowest BCUT2D eigenvalue weighted by Crippen LogP contribution is -2.14. The molecule has 168 valence electrons. The van der Waals surface area contributed by atoms with Crippen LogP contribution in [0.5, 0.6) is 0 Å². The molecule has 0 spiro atoms. The molecule has 4 nitrogen and oxygen atoms in total. The van der Waals surface area contributed by atoms with Crippen LogP contribution in [0.1, 0.15) is 97.1 Å². The van der Waals surface area contributed by atoms with Crippen LogP contribution in [-0.4, -0.2) is 24.8 Å². The molecule has 2 aliphatic carbocycles. The third-order valence-electron chi connectivity index (χ3n) is 6.26. The van der Waals surface area contributed by atoms with Gasteiger partial charge in [0.15, 0.2) is 11.6 Å². The molecule has 0 atom stereocenters. The molecule has 0 saturated heterocycles. The highest BCUT2D eigenvalue weighted by Crippen LogP contribution is 2.41. The maximum Gasteiger partial charge on any atom is 0.190 e. The maximum atomic E-state index is 12.9. The number of hydrogen-bond acceptors (Lipinski definition) is 4. The molecule has 0 aliphatic heterocycles. The first-order valence-corrected chi connectivity index (χ1v) is 12.0. The highest BCUT2D eigenvalue weighted by molar-refractivity contribution is 6.28. The monoisotopic (exact) mass is 432 g/mol. The Labute approximate surface area is 190 Å². The standard InChI is InChI=1S/C28H32O4/c1-3-5-7-9-15-31-25-17-23(29)19-12-14-22-26(32-16-10-8-6-4-2)18-24(30)20-11-13-21(25)27(19)28(20)22/h11-14,17-18H,3-10,15-16H2,1-2H3. The van der Waals surface area contributed by atoms with E-state index in [1.54, 1.807) is 12.2 Å². The third kappa shape index (κ3) is 4.36. The Kier molecular flexibility index (Phi) is 7.09. The predicted molar refractivity (Wildman–Crippen MR) is 129 cm³/mol. The van der Waals surface area contributed by atoms with E-state index in [9.17, 15) is 9.59 Å². The van der Waals surface area contributed by atoms with Gasteiger partial charge in [-0.1, -0.05) is 52.4 Å². The fraction of sp³-hybridized carbons (Fsp3) is 0.429. The minimum Gasteiger partial charge on any atom is -0.493 e. The second-order valence-corrected chi connectivity index (χ2v) is 8.64. The summed E-state index contributed by atoms with van der Waals surface area (Å²) in [6, 6.07) is 7.53. The third-order valence-corrected chi connectivity index (χ3v) is 6.26. The summed E-state index contributed by atoms with van der Waals surface area (Å²) >= 11 is 0. The summed E-state index contributed by atoms with van der Waals surface area (Å²) in [4.78, 5) is 25.8. The van der Waals surface area contributed by atoms with Crippen molar-refractivity contribution in [3.63, 3.8) is 0 Å². The van der Waals surface area contributed by atoms with Crippen LogP contribution in [0.4, 0.5) is 0 Å². The van der Waals surface area contributed by atoms with Gasteiger partial charge in [0.25, 0.3) is 0 Å². The molecule has 0 saturated carbocycles. The highest BCUT2D eigenvalue weighted by atomic mass is 16.5. The van der Waals surface area contributed by atoms with E-state index in [0.717, 1.165) is 47.6 Å². The highest BCUT2D eigenvalue weighted by Gasteiger charge is 2.29. The lowest BCUT2D eigenvalue weighted by atomic mass is 9.83. The quantitative estimate of drug-likeness (QED) is 0.335. The number of rotatable bonds is 12. The van der Waals surface area contributed by atoms with Crippen LogP contribution in [0, 0.1) is 0 Å². The molecule has 0 fully saturated rings. The Balaban J connectivity index is 1.65. The topological polar surface area (TPSA) is 52.6 Å². The first-order chi connectivity index (χ1) is 15.7. The van der Waals surface area contributed by atoms with Crippen molar-refractivity contribution in [3.05, 3.63) is 58.7 Å². The van der Waals surface area contributed by atoms with Crippen molar-refractivity contribution in [2.45, 2.75) is 65.2 Å². The van der Waals surface area contributed by atoms with Crippen LogP contribution in [0.2, 0.25) is 0 Å². The smallest absolute Gasteiger partial charge is 0.190 e. The second kappa shape index (κ2) is 10.2. The summed E-state index contributed by atoms with van der Waals surface area (Å²) in [5.41, 5.74) is 3.01. The van der Waals surface area contributed by atoms with Gasteiger partial charge in [-0.2, -0.15) is 0 Å². The van der Waals surface area contributed by atoms with Crippen molar-refractivity contribution < 1.29 is 19.1 Å². The Hall–Kier alpha value is -2.88. The van der Waals surface area contributed by atoms with Crippen LogP contribution in [-0.2, 0) is 9.47 Å². The number of unbranched alkanes of at least 4 members (excludes halogenated alkanes) is 6. The summed E-state index contributed by atoms with van der Waals surface area (Å²) in [6.45, 7) is 5.53. The molecule has 0 heterocycles. The Bertz CT molecular complexity index is 1000. The molecule has 0 bridgehead atoms. The van der Waals surface area contributed by atoms with E-state index < -0.39 is 0 Å². The summed E-state index contributed by atoms with van der Waals surface area (Å²) in [5, 5.41) is 1.62. The number of carbonyl (C=O) groups excluding carboxylic acids is 2. The van der Waals surface area contributed by atoms with Crippen LogP contribution in [0.25, 0.3) is 22.3 Å². The molecular weight excluding hydrogens is 400 g/mol. The zero-order valence-corrected chi connectivity index (χ0v) is 19.2. The minimum absolute atomic E-state index is 0.0752. The fourth-order valence-corrected chi connectivity index (χ4v) is 4.53. The Morgan fingerprint density at radius 1 is 0.562 bits per heavy atom. The molecule has 4 rings (SSSR count). The SMILES string of the molecule is CCCCCCOC1=CC(=O)c2ccc3c4c(ccc1c24)C(=O)C=C3OCCCCCC. The van der Waals surface area contributed by atoms with E-state index in [1.807, 2.05) is 24.3 Å². The van der Waals surface area contributed by atoms with E-state index in [4.69, 9.17) is 9.47 Å². The van der Waals surface area contributed by atoms with E-state index in [0.29, 0.717) is 35.9 Å². The first-order valence-electron chi connectivity index (χ1n) is 12.0. The predicted octanol–water partition coefficient (Wildman–Crippen LogP) is 7.11. The Morgan fingerprint density at radius 3 is 1.38 bits per heavy atom. The van der Waals surface area contributed by atoms with Crippen LogP contribution in [0.3, 0.4) is 0 Å². The summed E-state index contributed by atoms with van der Waals surface area (Å²) in [5.74, 6) is 1.06. The normalized spacial score (nSPS) is 14.4. The van der Waals surface area contributed by atoms with Crippen molar-refractivity contribution in [2.75, 3.05) is 13.2 Å². The van der Waals surface area contributed by atoms with Crippen molar-refractivity contribution in [3.8, 4) is 0 Å². The van der Waals surface area contributed by atoms with Gasteiger partial charge in [-0.3, -0.25) is 9.59 Å². The number of hydrogen-bond donors (Lipinski definition) is 0. The fourth-order valence-electron chi connectivity index (χ4n) is 4.53. The minimum atomic E-state index is -0.0752. The zero-order valence-electron chi connectivity index (χ0n) is 19.2. The molecular formula is C28H32O4. The molecule has 0 amide bonds. The van der Waals surface area contributed by atoms with E-state index in [-0.39, 0.29) is 11.6 Å². The van der Waals surface area contributed by atoms with Gasteiger partial charge < -0.3 is 9.47 Å². The van der Waals surface area contributed by atoms with Crippen molar-refractivity contribution in [2.24, 2.45) is 0 Å². The largest absolute Gasteiger partial charge is 0.493 e. The number of ketones is 2. The molecule has 32 heavy (non-hydrogen) atoms. The van der Waals surface area contributed by atoms with Crippen LogP contribution in [0.15, 0.2) is 36.4 Å². The second-order valence-electron chi connectivity index (χ2n) is 8.64. The average molecular weight is 433 g/mol. The van der Waals surface area contributed by atoms with E-state index in [2.05, 4.69) is 13.8 Å². The maximum absolute atomic E-state index is 12.9. The summed E-state index contributed by atoms with van der Waals surface area (Å²) in [6.07, 6.45) is 12.0. The summed E-state index contributed by atoms with van der Waals surface area (Å²) < 4.78 is 12.1. The average Bonchev–Trinajstić information content (AvgIpc) is 2.80. The molecule has 2 aromatic rings. The van der Waals surface area contributed by atoms with Crippen molar-refractivity contribution in [1.29, 1.82) is 0 Å². The lowest BCUT2D eigenvalue weighted by Gasteiger charge is -2.24. The molecule has 0 unspecified atom stereocenters. The van der Waals surface area contributed by atoms with Crippen LogP contribution < -0.4 is 0 Å². The van der Waals surface area contributed by atoms with Crippen molar-refractivity contribution >= 4 is 33.9 Å².